The molecule has 0 atom stereocenters. The van der Waals surface area contributed by atoms with Crippen LogP contribution in [-0.2, 0) is 5.41 Å². The molecule has 0 radical (unpaired) electrons. The Bertz CT molecular complexity index is 2860. The smallest absolute Gasteiger partial charge is 0.247 e. The SMILES string of the molecule is Cc1cc(C)c(B2c3ccc(-n4c5ccccc5c5ccccc54)cc3N3c4ccccc4C(c4ccccc4)(c4ccccc4)c4cccc2c43)c(C)c1. The highest BCUT2D eigenvalue weighted by Crippen LogP contribution is 2.58. The van der Waals surface area contributed by atoms with E-state index in [0.717, 1.165) is 5.69 Å². The summed E-state index contributed by atoms with van der Waals surface area (Å²) in [5, 5.41) is 2.54. The Hall–Kier alpha value is -6.58. The Balaban J connectivity index is 1.29. The standard InChI is InChI=1S/C52H39BN2/c1-34-31-35(2)50(36(3)32-34)53-44-30-29-39(54-46-26-13-10-21-40(46)41-22-11-14-27-47(41)54)33-49(44)55-48-28-15-12-23-42(48)52(37-17-6-4-7-18-37,38-19-8-5-9-20-38)43-24-16-25-45(53)51(43)55/h4-33H,1-3H3. The molecule has 0 N–H and O–H groups in total. The first-order valence-corrected chi connectivity index (χ1v) is 19.4. The molecule has 0 saturated heterocycles. The van der Waals surface area contributed by atoms with Gasteiger partial charge >= 0.3 is 0 Å². The van der Waals surface area contributed by atoms with Gasteiger partial charge in [0.15, 0.2) is 0 Å². The number of hydrogen-bond acceptors (Lipinski definition) is 1. The molecule has 0 bridgehead atoms. The Morgan fingerprint density at radius 2 is 1.02 bits per heavy atom. The molecule has 9 aromatic rings. The lowest BCUT2D eigenvalue weighted by atomic mass is 9.33. The topological polar surface area (TPSA) is 8.17 Å². The van der Waals surface area contributed by atoms with Crippen molar-refractivity contribution in [1.82, 2.24) is 4.57 Å². The van der Waals surface area contributed by atoms with Crippen molar-refractivity contribution >= 4 is 62.0 Å². The molecular weight excluding hydrogens is 663 g/mol. The lowest BCUT2D eigenvalue weighted by Gasteiger charge is -2.50. The number of hydrogen-bond donors (Lipinski definition) is 0. The minimum absolute atomic E-state index is 0.0449. The second kappa shape index (κ2) is 12.0. The van der Waals surface area contributed by atoms with Gasteiger partial charge in [-0.05, 0) is 84.3 Å². The molecule has 0 unspecified atom stereocenters. The van der Waals surface area contributed by atoms with Crippen LogP contribution in [0.3, 0.4) is 0 Å². The van der Waals surface area contributed by atoms with Gasteiger partial charge < -0.3 is 9.47 Å². The summed E-state index contributed by atoms with van der Waals surface area (Å²) in [7, 11) is 0. The third-order valence-corrected chi connectivity index (χ3v) is 12.4. The first-order chi connectivity index (χ1) is 27.1. The van der Waals surface area contributed by atoms with Crippen LogP contribution in [0.5, 0.6) is 0 Å². The molecule has 55 heavy (non-hydrogen) atoms. The van der Waals surface area contributed by atoms with E-state index in [1.54, 1.807) is 0 Å². The zero-order valence-corrected chi connectivity index (χ0v) is 31.3. The van der Waals surface area contributed by atoms with Gasteiger partial charge in [0, 0.05) is 27.8 Å². The Morgan fingerprint density at radius 3 is 1.67 bits per heavy atom. The maximum atomic E-state index is 2.60. The molecule has 1 aromatic heterocycles. The van der Waals surface area contributed by atoms with E-state index in [9.17, 15) is 0 Å². The van der Waals surface area contributed by atoms with Crippen LogP contribution in [0, 0.1) is 20.8 Å². The molecule has 0 aliphatic carbocycles. The second-order valence-electron chi connectivity index (χ2n) is 15.4. The van der Waals surface area contributed by atoms with Crippen molar-refractivity contribution in [3.8, 4) is 5.69 Å². The highest BCUT2D eigenvalue weighted by Gasteiger charge is 2.50. The van der Waals surface area contributed by atoms with Crippen LogP contribution in [-0.4, -0.2) is 11.3 Å². The lowest BCUT2D eigenvalue weighted by Crippen LogP contribution is -2.60. The lowest BCUT2D eigenvalue weighted by molar-refractivity contribution is 0.732. The van der Waals surface area contributed by atoms with E-state index in [4.69, 9.17) is 0 Å². The van der Waals surface area contributed by atoms with Gasteiger partial charge in [0.2, 0.25) is 6.71 Å². The van der Waals surface area contributed by atoms with E-state index < -0.39 is 5.41 Å². The summed E-state index contributed by atoms with van der Waals surface area (Å²) in [5.41, 5.74) is 19.9. The average molecular weight is 703 g/mol. The van der Waals surface area contributed by atoms with E-state index in [0.29, 0.717) is 0 Å². The minimum atomic E-state index is -0.537. The van der Waals surface area contributed by atoms with E-state index in [2.05, 4.69) is 212 Å². The fourth-order valence-corrected chi connectivity index (χ4v) is 10.4. The summed E-state index contributed by atoms with van der Waals surface area (Å²) >= 11 is 0. The fourth-order valence-electron chi connectivity index (χ4n) is 10.4. The number of rotatable bonds is 4. The zero-order valence-electron chi connectivity index (χ0n) is 31.3. The first kappa shape index (κ1) is 31.9. The first-order valence-electron chi connectivity index (χ1n) is 19.4. The number of para-hydroxylation sites is 4. The molecule has 3 heterocycles. The van der Waals surface area contributed by atoms with Crippen molar-refractivity contribution in [3.05, 3.63) is 221 Å². The monoisotopic (exact) mass is 702 g/mol. The molecule has 2 aliphatic rings. The molecule has 3 heteroatoms. The molecule has 0 spiro atoms. The van der Waals surface area contributed by atoms with Crippen LogP contribution in [0.25, 0.3) is 27.5 Å². The summed E-state index contributed by atoms with van der Waals surface area (Å²) in [6.45, 7) is 6.87. The van der Waals surface area contributed by atoms with Gasteiger partial charge in [-0.15, -0.1) is 0 Å². The molecular formula is C52H39BN2. The van der Waals surface area contributed by atoms with E-state index in [1.807, 2.05) is 0 Å². The third kappa shape index (κ3) is 4.38. The largest absolute Gasteiger partial charge is 0.311 e. The number of fused-ring (bicyclic) bond motifs is 7. The fraction of sp³-hybridized carbons (Fsp3) is 0.0769. The second-order valence-corrected chi connectivity index (χ2v) is 15.4. The van der Waals surface area contributed by atoms with Gasteiger partial charge in [0.1, 0.15) is 0 Å². The summed E-state index contributed by atoms with van der Waals surface area (Å²) in [6, 6.07) is 68.2. The van der Waals surface area contributed by atoms with E-state index in [1.165, 1.54) is 94.2 Å². The van der Waals surface area contributed by atoms with Gasteiger partial charge in [0.25, 0.3) is 0 Å². The number of benzene rings is 8. The number of anilines is 3. The maximum absolute atomic E-state index is 2.60. The molecule has 260 valence electrons. The molecule has 0 saturated carbocycles. The maximum Gasteiger partial charge on any atom is 0.247 e. The third-order valence-electron chi connectivity index (χ3n) is 12.4. The van der Waals surface area contributed by atoms with Gasteiger partial charge in [-0.25, -0.2) is 0 Å². The molecule has 0 amide bonds. The van der Waals surface area contributed by atoms with Crippen LogP contribution in [0.4, 0.5) is 17.1 Å². The Labute approximate surface area is 323 Å². The van der Waals surface area contributed by atoms with Crippen molar-refractivity contribution in [2.75, 3.05) is 4.90 Å². The van der Waals surface area contributed by atoms with Crippen LogP contribution in [0.1, 0.15) is 38.9 Å². The molecule has 8 aromatic carbocycles. The van der Waals surface area contributed by atoms with Crippen molar-refractivity contribution in [3.63, 3.8) is 0 Å². The van der Waals surface area contributed by atoms with Gasteiger partial charge in [-0.1, -0.05) is 174 Å². The Kier molecular flexibility index (Phi) is 6.94. The van der Waals surface area contributed by atoms with Crippen molar-refractivity contribution in [2.24, 2.45) is 0 Å². The predicted molar refractivity (Wildman–Crippen MR) is 233 cm³/mol. The van der Waals surface area contributed by atoms with Gasteiger partial charge in [-0.2, -0.15) is 0 Å². The molecule has 2 nitrogen and oxygen atoms in total. The highest BCUT2D eigenvalue weighted by atomic mass is 15.2. The van der Waals surface area contributed by atoms with Crippen LogP contribution in [0.15, 0.2) is 182 Å². The summed E-state index contributed by atoms with van der Waals surface area (Å²) in [6.07, 6.45) is 0. The average Bonchev–Trinajstić information content (AvgIpc) is 3.56. The zero-order chi connectivity index (χ0) is 36.8. The van der Waals surface area contributed by atoms with Crippen molar-refractivity contribution < 1.29 is 0 Å². The van der Waals surface area contributed by atoms with E-state index >= 15 is 0 Å². The van der Waals surface area contributed by atoms with Crippen molar-refractivity contribution in [1.29, 1.82) is 0 Å². The normalized spacial score (nSPS) is 13.8. The Morgan fingerprint density at radius 1 is 0.455 bits per heavy atom. The number of aryl methyl sites for hydroxylation is 3. The van der Waals surface area contributed by atoms with Crippen LogP contribution < -0.4 is 21.3 Å². The summed E-state index contributed by atoms with van der Waals surface area (Å²) in [5.74, 6) is 0. The van der Waals surface area contributed by atoms with E-state index in [-0.39, 0.29) is 6.71 Å². The summed E-state index contributed by atoms with van der Waals surface area (Å²) < 4.78 is 2.46. The highest BCUT2D eigenvalue weighted by molar-refractivity contribution is 6.98. The number of aromatic nitrogens is 1. The van der Waals surface area contributed by atoms with Crippen molar-refractivity contribution in [2.45, 2.75) is 26.2 Å². The quantitative estimate of drug-likeness (QED) is 0.166. The molecule has 11 rings (SSSR count). The predicted octanol–water partition coefficient (Wildman–Crippen LogP) is 10.7. The number of nitrogens with zero attached hydrogens (tertiary/aromatic N) is 2. The molecule has 2 aliphatic heterocycles. The summed E-state index contributed by atoms with van der Waals surface area (Å²) in [4.78, 5) is 2.60. The van der Waals surface area contributed by atoms with Crippen LogP contribution in [0.2, 0.25) is 0 Å². The van der Waals surface area contributed by atoms with Gasteiger partial charge in [0.05, 0.1) is 22.1 Å². The van der Waals surface area contributed by atoms with Crippen LogP contribution >= 0.6 is 0 Å². The minimum Gasteiger partial charge on any atom is -0.311 e. The van der Waals surface area contributed by atoms with Gasteiger partial charge in [-0.3, -0.25) is 0 Å². The molecule has 0 fully saturated rings.